The SMILES string of the molecule is NCCN(CCOc1ccc(F)cc1)Cc1ccccc1. The van der Waals surface area contributed by atoms with E-state index in [-0.39, 0.29) is 5.82 Å². The van der Waals surface area contributed by atoms with Crippen LogP contribution in [-0.2, 0) is 6.54 Å². The predicted molar refractivity (Wildman–Crippen MR) is 82.7 cm³/mol. The molecule has 0 aliphatic carbocycles. The molecule has 2 aromatic carbocycles. The van der Waals surface area contributed by atoms with Gasteiger partial charge in [-0.2, -0.15) is 0 Å². The van der Waals surface area contributed by atoms with Gasteiger partial charge >= 0.3 is 0 Å². The Morgan fingerprint density at radius 2 is 1.67 bits per heavy atom. The minimum absolute atomic E-state index is 0.254. The molecule has 0 saturated carbocycles. The second-order valence-corrected chi connectivity index (χ2v) is 4.85. The van der Waals surface area contributed by atoms with Crippen molar-refractivity contribution in [1.29, 1.82) is 0 Å². The molecular formula is C17H21FN2O. The van der Waals surface area contributed by atoms with Gasteiger partial charge in [-0.3, -0.25) is 4.90 Å². The van der Waals surface area contributed by atoms with Crippen molar-refractivity contribution in [2.75, 3.05) is 26.2 Å². The van der Waals surface area contributed by atoms with Crippen LogP contribution in [0, 0.1) is 5.82 Å². The molecule has 0 radical (unpaired) electrons. The smallest absolute Gasteiger partial charge is 0.123 e. The van der Waals surface area contributed by atoms with Crippen LogP contribution in [0.1, 0.15) is 5.56 Å². The number of benzene rings is 2. The first-order valence-corrected chi connectivity index (χ1v) is 7.12. The fourth-order valence-electron chi connectivity index (χ4n) is 2.12. The lowest BCUT2D eigenvalue weighted by Crippen LogP contribution is -2.32. The maximum atomic E-state index is 12.8. The molecule has 0 amide bonds. The van der Waals surface area contributed by atoms with Crippen LogP contribution in [0.2, 0.25) is 0 Å². The van der Waals surface area contributed by atoms with Gasteiger partial charge in [0.25, 0.3) is 0 Å². The maximum absolute atomic E-state index is 12.8. The number of nitrogens with two attached hydrogens (primary N) is 1. The molecule has 0 spiro atoms. The Hall–Kier alpha value is -1.91. The highest BCUT2D eigenvalue weighted by molar-refractivity contribution is 5.22. The Balaban J connectivity index is 1.81. The van der Waals surface area contributed by atoms with Gasteiger partial charge in [0.15, 0.2) is 0 Å². The lowest BCUT2D eigenvalue weighted by molar-refractivity contribution is 0.206. The average molecular weight is 288 g/mol. The molecular weight excluding hydrogens is 267 g/mol. The first kappa shape index (κ1) is 15.5. The van der Waals surface area contributed by atoms with E-state index in [0.29, 0.717) is 18.9 Å². The normalized spacial score (nSPS) is 10.8. The van der Waals surface area contributed by atoms with Crippen molar-refractivity contribution < 1.29 is 9.13 Å². The standard InChI is InChI=1S/C17H21FN2O/c18-16-6-8-17(9-7-16)21-13-12-20(11-10-19)14-15-4-2-1-3-5-15/h1-9H,10-14,19H2. The van der Waals surface area contributed by atoms with Crippen LogP contribution in [0.15, 0.2) is 54.6 Å². The van der Waals surface area contributed by atoms with Gasteiger partial charge in [-0.1, -0.05) is 30.3 Å². The van der Waals surface area contributed by atoms with Gasteiger partial charge in [0.1, 0.15) is 18.2 Å². The van der Waals surface area contributed by atoms with Gasteiger partial charge in [0, 0.05) is 26.2 Å². The Kier molecular flexibility index (Phi) is 6.19. The molecule has 0 aliphatic rings. The summed E-state index contributed by atoms with van der Waals surface area (Å²) in [5.74, 6) is 0.431. The van der Waals surface area contributed by atoms with Crippen LogP contribution in [0.3, 0.4) is 0 Å². The number of hydrogen-bond acceptors (Lipinski definition) is 3. The van der Waals surface area contributed by atoms with E-state index in [4.69, 9.17) is 10.5 Å². The monoisotopic (exact) mass is 288 g/mol. The van der Waals surface area contributed by atoms with Crippen LogP contribution in [0.4, 0.5) is 4.39 Å². The third-order valence-electron chi connectivity index (χ3n) is 3.18. The minimum atomic E-state index is -0.254. The fourth-order valence-corrected chi connectivity index (χ4v) is 2.12. The summed E-state index contributed by atoms with van der Waals surface area (Å²) in [7, 11) is 0. The molecule has 2 rings (SSSR count). The van der Waals surface area contributed by atoms with Crippen molar-refractivity contribution in [2.45, 2.75) is 6.54 Å². The highest BCUT2D eigenvalue weighted by Gasteiger charge is 2.05. The van der Waals surface area contributed by atoms with Gasteiger partial charge in [0.05, 0.1) is 0 Å². The molecule has 3 nitrogen and oxygen atoms in total. The number of hydrogen-bond donors (Lipinski definition) is 1. The summed E-state index contributed by atoms with van der Waals surface area (Å²) in [6.07, 6.45) is 0. The summed E-state index contributed by atoms with van der Waals surface area (Å²) < 4.78 is 18.4. The van der Waals surface area contributed by atoms with Crippen LogP contribution in [-0.4, -0.2) is 31.1 Å². The molecule has 0 atom stereocenters. The first-order chi connectivity index (χ1) is 10.3. The maximum Gasteiger partial charge on any atom is 0.123 e. The number of halogens is 1. The predicted octanol–water partition coefficient (Wildman–Crippen LogP) is 2.67. The molecule has 112 valence electrons. The van der Waals surface area contributed by atoms with E-state index >= 15 is 0 Å². The number of nitrogens with zero attached hydrogens (tertiary/aromatic N) is 1. The van der Waals surface area contributed by atoms with E-state index < -0.39 is 0 Å². The molecule has 0 heterocycles. The highest BCUT2D eigenvalue weighted by Crippen LogP contribution is 2.11. The van der Waals surface area contributed by atoms with Gasteiger partial charge in [-0.15, -0.1) is 0 Å². The van der Waals surface area contributed by atoms with Gasteiger partial charge in [-0.25, -0.2) is 4.39 Å². The van der Waals surface area contributed by atoms with E-state index in [1.807, 2.05) is 18.2 Å². The lowest BCUT2D eigenvalue weighted by atomic mass is 10.2. The summed E-state index contributed by atoms with van der Waals surface area (Å²) >= 11 is 0. The molecule has 21 heavy (non-hydrogen) atoms. The van der Waals surface area contributed by atoms with Crippen molar-refractivity contribution in [2.24, 2.45) is 5.73 Å². The summed E-state index contributed by atoms with van der Waals surface area (Å²) in [4.78, 5) is 2.25. The molecule has 0 saturated heterocycles. The topological polar surface area (TPSA) is 38.5 Å². The van der Waals surface area contributed by atoms with Gasteiger partial charge in [0.2, 0.25) is 0 Å². The molecule has 0 bridgehead atoms. The third-order valence-corrected chi connectivity index (χ3v) is 3.18. The highest BCUT2D eigenvalue weighted by atomic mass is 19.1. The molecule has 0 fully saturated rings. The second kappa shape index (κ2) is 8.39. The van der Waals surface area contributed by atoms with Crippen LogP contribution in [0.25, 0.3) is 0 Å². The zero-order valence-corrected chi connectivity index (χ0v) is 12.0. The Morgan fingerprint density at radius 3 is 2.33 bits per heavy atom. The largest absolute Gasteiger partial charge is 0.492 e. The molecule has 2 N–H and O–H groups in total. The molecule has 4 heteroatoms. The fraction of sp³-hybridized carbons (Fsp3) is 0.294. The second-order valence-electron chi connectivity index (χ2n) is 4.85. The number of rotatable bonds is 8. The van der Waals surface area contributed by atoms with Crippen LogP contribution in [0.5, 0.6) is 5.75 Å². The summed E-state index contributed by atoms with van der Waals surface area (Å²) in [5.41, 5.74) is 6.92. The Morgan fingerprint density at radius 1 is 0.952 bits per heavy atom. The van der Waals surface area contributed by atoms with Gasteiger partial charge < -0.3 is 10.5 Å². The van der Waals surface area contributed by atoms with E-state index in [2.05, 4.69) is 17.0 Å². The molecule has 0 aliphatic heterocycles. The number of ether oxygens (including phenoxy) is 1. The van der Waals surface area contributed by atoms with Crippen LogP contribution < -0.4 is 10.5 Å². The summed E-state index contributed by atoms with van der Waals surface area (Å²) in [6.45, 7) is 3.62. The van der Waals surface area contributed by atoms with Crippen LogP contribution >= 0.6 is 0 Å². The molecule has 0 aromatic heterocycles. The van der Waals surface area contributed by atoms with E-state index in [9.17, 15) is 4.39 Å². The first-order valence-electron chi connectivity index (χ1n) is 7.12. The van der Waals surface area contributed by atoms with Crippen molar-refractivity contribution in [3.05, 3.63) is 66.0 Å². The molecule has 2 aromatic rings. The van der Waals surface area contributed by atoms with E-state index in [1.54, 1.807) is 12.1 Å². The zero-order valence-electron chi connectivity index (χ0n) is 12.0. The zero-order chi connectivity index (χ0) is 14.9. The van der Waals surface area contributed by atoms with Gasteiger partial charge in [-0.05, 0) is 29.8 Å². The van der Waals surface area contributed by atoms with E-state index in [0.717, 1.165) is 19.6 Å². The Labute approximate surface area is 125 Å². The minimum Gasteiger partial charge on any atom is -0.492 e. The van der Waals surface area contributed by atoms with Crippen molar-refractivity contribution >= 4 is 0 Å². The lowest BCUT2D eigenvalue weighted by Gasteiger charge is -2.21. The molecule has 0 unspecified atom stereocenters. The average Bonchev–Trinajstić information content (AvgIpc) is 2.50. The Bertz CT molecular complexity index is 516. The van der Waals surface area contributed by atoms with Crippen molar-refractivity contribution in [3.63, 3.8) is 0 Å². The van der Waals surface area contributed by atoms with Crippen molar-refractivity contribution in [1.82, 2.24) is 4.90 Å². The quantitative estimate of drug-likeness (QED) is 0.811. The third kappa shape index (κ3) is 5.53. The summed E-state index contributed by atoms with van der Waals surface area (Å²) in [5, 5.41) is 0. The summed E-state index contributed by atoms with van der Waals surface area (Å²) in [6, 6.07) is 16.4. The van der Waals surface area contributed by atoms with E-state index in [1.165, 1.54) is 17.7 Å². The van der Waals surface area contributed by atoms with Crippen molar-refractivity contribution in [3.8, 4) is 5.75 Å².